The molecule has 3 aromatic rings. The summed E-state index contributed by atoms with van der Waals surface area (Å²) in [4.78, 5) is 13.7. The average Bonchev–Trinajstić information content (AvgIpc) is 3.24. The van der Waals surface area contributed by atoms with Crippen molar-refractivity contribution in [1.29, 1.82) is 0 Å². The van der Waals surface area contributed by atoms with Crippen molar-refractivity contribution in [1.82, 2.24) is 5.32 Å². The summed E-state index contributed by atoms with van der Waals surface area (Å²) in [6, 6.07) is 19.3. The molecule has 5 nitrogen and oxygen atoms in total. The van der Waals surface area contributed by atoms with Gasteiger partial charge in [0.05, 0.1) is 19.4 Å². The first-order valence-corrected chi connectivity index (χ1v) is 9.82. The number of hydrogen-bond donors (Lipinski definition) is 3. The van der Waals surface area contributed by atoms with Crippen LogP contribution in [0.15, 0.2) is 71.3 Å². The molecule has 0 bridgehead atoms. The number of carbonyl (C=O) groups is 1. The SMILES string of the molecule is O=C(NC[C@@H](c1ccco1)[NH+]1CCc2ccccc2C1)Nc1ccc(Cl)cc1. The minimum atomic E-state index is -0.240. The number of anilines is 1. The first kappa shape index (κ1) is 18.6. The van der Waals surface area contributed by atoms with E-state index >= 15 is 0 Å². The molecule has 1 aromatic heterocycles. The second kappa shape index (κ2) is 8.50. The van der Waals surface area contributed by atoms with E-state index in [1.54, 1.807) is 30.5 Å². The van der Waals surface area contributed by atoms with Crippen LogP contribution < -0.4 is 15.5 Å². The highest BCUT2D eigenvalue weighted by molar-refractivity contribution is 6.30. The fraction of sp³-hybridized carbons (Fsp3) is 0.227. The number of hydrogen-bond acceptors (Lipinski definition) is 2. The Balaban J connectivity index is 1.43. The molecule has 4 rings (SSSR count). The summed E-state index contributed by atoms with van der Waals surface area (Å²) in [5.74, 6) is 0.890. The van der Waals surface area contributed by atoms with E-state index < -0.39 is 0 Å². The molecule has 1 unspecified atom stereocenters. The van der Waals surface area contributed by atoms with Gasteiger partial charge >= 0.3 is 6.03 Å². The number of furan rings is 1. The normalized spacial score (nSPS) is 16.8. The van der Waals surface area contributed by atoms with Crippen LogP contribution in [0.2, 0.25) is 5.02 Å². The lowest BCUT2D eigenvalue weighted by Gasteiger charge is -2.31. The van der Waals surface area contributed by atoms with Crippen molar-refractivity contribution >= 4 is 23.3 Å². The highest BCUT2D eigenvalue weighted by Gasteiger charge is 2.30. The highest BCUT2D eigenvalue weighted by atomic mass is 35.5. The van der Waals surface area contributed by atoms with Gasteiger partial charge in [0.25, 0.3) is 0 Å². The maximum Gasteiger partial charge on any atom is 0.319 e. The van der Waals surface area contributed by atoms with Gasteiger partial charge in [-0.05, 0) is 42.0 Å². The third-order valence-corrected chi connectivity index (χ3v) is 5.45. The quantitative estimate of drug-likeness (QED) is 0.618. The molecule has 3 N–H and O–H groups in total. The standard InChI is InChI=1S/C22H22ClN3O2/c23-18-7-9-19(10-8-18)25-22(27)24-14-20(21-6-3-13-28-21)26-12-11-16-4-1-2-5-17(16)15-26/h1-10,13,20H,11-12,14-15H2,(H2,24,25,27)/p+1/t20-/m0/s1. The summed E-state index contributed by atoms with van der Waals surface area (Å²) in [5, 5.41) is 6.47. The number of carbonyl (C=O) groups excluding carboxylic acids is 1. The molecular weight excluding hydrogens is 374 g/mol. The zero-order chi connectivity index (χ0) is 19.3. The summed E-state index contributed by atoms with van der Waals surface area (Å²) >= 11 is 5.89. The number of halogens is 1. The number of rotatable bonds is 5. The molecule has 2 heterocycles. The Morgan fingerprint density at radius 3 is 2.61 bits per heavy atom. The Morgan fingerprint density at radius 2 is 1.86 bits per heavy atom. The van der Waals surface area contributed by atoms with Crippen LogP contribution in [-0.2, 0) is 13.0 Å². The molecule has 144 valence electrons. The van der Waals surface area contributed by atoms with Gasteiger partial charge in [0.1, 0.15) is 6.54 Å². The molecular formula is C22H23ClN3O2+. The van der Waals surface area contributed by atoms with Gasteiger partial charge in [-0.25, -0.2) is 4.79 Å². The predicted octanol–water partition coefficient (Wildman–Crippen LogP) is 3.44. The van der Waals surface area contributed by atoms with Gasteiger partial charge in [-0.2, -0.15) is 0 Å². The third kappa shape index (κ3) is 4.38. The molecule has 0 saturated carbocycles. The Labute approximate surface area is 169 Å². The zero-order valence-electron chi connectivity index (χ0n) is 15.5. The Bertz CT molecular complexity index is 925. The lowest BCUT2D eigenvalue weighted by Crippen LogP contribution is -3.12. The van der Waals surface area contributed by atoms with Gasteiger partial charge in [0, 0.05) is 22.7 Å². The van der Waals surface area contributed by atoms with Crippen molar-refractivity contribution in [2.24, 2.45) is 0 Å². The highest BCUT2D eigenvalue weighted by Crippen LogP contribution is 2.16. The van der Waals surface area contributed by atoms with Gasteiger partial charge in [-0.15, -0.1) is 0 Å². The minimum absolute atomic E-state index is 0.0549. The molecule has 0 radical (unpaired) electrons. The molecule has 2 atom stereocenters. The first-order valence-electron chi connectivity index (χ1n) is 9.44. The van der Waals surface area contributed by atoms with E-state index in [9.17, 15) is 4.79 Å². The fourth-order valence-corrected chi connectivity index (χ4v) is 3.86. The number of benzene rings is 2. The molecule has 0 fully saturated rings. The average molecular weight is 397 g/mol. The fourth-order valence-electron chi connectivity index (χ4n) is 3.74. The molecule has 1 aliphatic heterocycles. The number of amides is 2. The second-order valence-corrected chi connectivity index (χ2v) is 7.45. The van der Waals surface area contributed by atoms with Crippen LogP contribution in [0.5, 0.6) is 0 Å². The van der Waals surface area contributed by atoms with Crippen LogP contribution in [0.1, 0.15) is 22.9 Å². The van der Waals surface area contributed by atoms with Gasteiger partial charge in [-0.1, -0.05) is 35.9 Å². The number of nitrogens with one attached hydrogen (secondary N) is 3. The van der Waals surface area contributed by atoms with E-state index in [4.69, 9.17) is 16.0 Å². The van der Waals surface area contributed by atoms with Crippen LogP contribution in [0.4, 0.5) is 10.5 Å². The monoisotopic (exact) mass is 396 g/mol. The van der Waals surface area contributed by atoms with Crippen LogP contribution in [0.25, 0.3) is 0 Å². The molecule has 0 spiro atoms. The van der Waals surface area contributed by atoms with Crippen molar-refractivity contribution in [3.63, 3.8) is 0 Å². The van der Waals surface area contributed by atoms with Crippen molar-refractivity contribution in [2.75, 3.05) is 18.4 Å². The first-order chi connectivity index (χ1) is 13.7. The number of urea groups is 1. The van der Waals surface area contributed by atoms with E-state index in [-0.39, 0.29) is 12.1 Å². The Morgan fingerprint density at radius 1 is 1.07 bits per heavy atom. The van der Waals surface area contributed by atoms with Gasteiger partial charge < -0.3 is 20.0 Å². The van der Waals surface area contributed by atoms with Crippen LogP contribution in [0, 0.1) is 0 Å². The van der Waals surface area contributed by atoms with Crippen LogP contribution in [-0.4, -0.2) is 19.1 Å². The van der Waals surface area contributed by atoms with Gasteiger partial charge in [0.2, 0.25) is 0 Å². The third-order valence-electron chi connectivity index (χ3n) is 5.20. The summed E-state index contributed by atoms with van der Waals surface area (Å²) in [6.45, 7) is 2.41. The number of fused-ring (bicyclic) bond motifs is 1. The molecule has 2 aromatic carbocycles. The van der Waals surface area contributed by atoms with Crippen molar-refractivity contribution in [2.45, 2.75) is 19.0 Å². The number of quaternary nitrogens is 1. The molecule has 2 amide bonds. The lowest BCUT2D eigenvalue weighted by molar-refractivity contribution is -0.946. The Kier molecular flexibility index (Phi) is 5.65. The predicted molar refractivity (Wildman–Crippen MR) is 110 cm³/mol. The Hall–Kier alpha value is -2.76. The molecule has 0 aliphatic carbocycles. The molecule has 6 heteroatoms. The summed E-state index contributed by atoms with van der Waals surface area (Å²) in [7, 11) is 0. The van der Waals surface area contributed by atoms with E-state index in [0.717, 1.165) is 25.3 Å². The molecule has 28 heavy (non-hydrogen) atoms. The van der Waals surface area contributed by atoms with E-state index in [2.05, 4.69) is 34.9 Å². The largest absolute Gasteiger partial charge is 0.463 e. The molecule has 0 saturated heterocycles. The van der Waals surface area contributed by atoms with Gasteiger partial charge in [-0.3, -0.25) is 0 Å². The summed E-state index contributed by atoms with van der Waals surface area (Å²) < 4.78 is 5.69. The smallest absolute Gasteiger partial charge is 0.319 e. The van der Waals surface area contributed by atoms with Crippen LogP contribution in [0.3, 0.4) is 0 Å². The second-order valence-electron chi connectivity index (χ2n) is 7.01. The van der Waals surface area contributed by atoms with Crippen molar-refractivity contribution in [3.8, 4) is 0 Å². The van der Waals surface area contributed by atoms with E-state index in [1.165, 1.54) is 16.0 Å². The van der Waals surface area contributed by atoms with Crippen LogP contribution >= 0.6 is 11.6 Å². The topological polar surface area (TPSA) is 58.7 Å². The lowest BCUT2D eigenvalue weighted by atomic mass is 9.98. The van der Waals surface area contributed by atoms with Gasteiger partial charge in [0.15, 0.2) is 11.8 Å². The maximum absolute atomic E-state index is 12.4. The molecule has 1 aliphatic rings. The van der Waals surface area contributed by atoms with E-state index in [0.29, 0.717) is 17.3 Å². The van der Waals surface area contributed by atoms with E-state index in [1.807, 2.05) is 12.1 Å². The van der Waals surface area contributed by atoms with Crippen molar-refractivity contribution in [3.05, 3.63) is 88.8 Å². The van der Waals surface area contributed by atoms with Crippen molar-refractivity contribution < 1.29 is 14.1 Å². The summed E-state index contributed by atoms with van der Waals surface area (Å²) in [5.41, 5.74) is 3.49. The maximum atomic E-state index is 12.4. The minimum Gasteiger partial charge on any atom is -0.463 e. The summed E-state index contributed by atoms with van der Waals surface area (Å²) in [6.07, 6.45) is 2.72. The zero-order valence-corrected chi connectivity index (χ0v) is 16.2.